The van der Waals surface area contributed by atoms with Gasteiger partial charge in [-0.3, -0.25) is 0 Å². The summed E-state index contributed by atoms with van der Waals surface area (Å²) >= 11 is 8.57. The second-order valence-electron chi connectivity index (χ2n) is 3.33. The maximum Gasteiger partial charge on any atom is 0.130 e. The molecule has 0 saturated heterocycles. The van der Waals surface area contributed by atoms with E-state index in [0.29, 0.717) is 0 Å². The fourth-order valence-corrected chi connectivity index (χ4v) is 3.25. The number of aromatic nitrogens is 2. The van der Waals surface area contributed by atoms with E-state index in [4.69, 9.17) is 0 Å². The standard InChI is InChI=1S/C12H10Br2N2S/c1-2-11-15-10(14)7-12(16-11)17-9-6-4-3-5-8(9)13/h3-7H,2H2,1H3. The lowest BCUT2D eigenvalue weighted by molar-refractivity contribution is 0.877. The van der Waals surface area contributed by atoms with Gasteiger partial charge in [-0.05, 0) is 44.0 Å². The Balaban J connectivity index is 2.30. The number of aryl methyl sites for hydroxylation is 1. The van der Waals surface area contributed by atoms with Crippen molar-refractivity contribution in [1.29, 1.82) is 0 Å². The van der Waals surface area contributed by atoms with Crippen LogP contribution < -0.4 is 0 Å². The summed E-state index contributed by atoms with van der Waals surface area (Å²) in [6, 6.07) is 10.0. The Morgan fingerprint density at radius 3 is 2.65 bits per heavy atom. The minimum atomic E-state index is 0.832. The molecule has 2 aromatic rings. The van der Waals surface area contributed by atoms with Gasteiger partial charge in [0.1, 0.15) is 15.5 Å². The molecule has 1 heterocycles. The Labute approximate surface area is 122 Å². The van der Waals surface area contributed by atoms with Gasteiger partial charge in [0.05, 0.1) is 0 Å². The summed E-state index contributed by atoms with van der Waals surface area (Å²) in [6.45, 7) is 2.05. The summed E-state index contributed by atoms with van der Waals surface area (Å²) in [5.74, 6) is 0.855. The number of halogens is 2. The van der Waals surface area contributed by atoms with Crippen LogP contribution in [0.3, 0.4) is 0 Å². The Kier molecular flexibility index (Phi) is 4.59. The van der Waals surface area contributed by atoms with Gasteiger partial charge in [0.25, 0.3) is 0 Å². The highest BCUT2D eigenvalue weighted by atomic mass is 79.9. The van der Waals surface area contributed by atoms with E-state index < -0.39 is 0 Å². The third-order valence-electron chi connectivity index (χ3n) is 2.09. The predicted molar refractivity (Wildman–Crippen MR) is 77.4 cm³/mol. The molecule has 0 amide bonds. The Bertz CT molecular complexity index is 532. The molecule has 0 aliphatic rings. The van der Waals surface area contributed by atoms with E-state index in [-0.39, 0.29) is 0 Å². The van der Waals surface area contributed by atoms with Crippen molar-refractivity contribution in [1.82, 2.24) is 9.97 Å². The van der Waals surface area contributed by atoms with Crippen molar-refractivity contribution in [2.24, 2.45) is 0 Å². The molecular weight excluding hydrogens is 364 g/mol. The zero-order chi connectivity index (χ0) is 12.3. The minimum absolute atomic E-state index is 0.832. The molecule has 17 heavy (non-hydrogen) atoms. The van der Waals surface area contributed by atoms with Crippen LogP contribution in [0.4, 0.5) is 0 Å². The van der Waals surface area contributed by atoms with Gasteiger partial charge in [-0.1, -0.05) is 30.8 Å². The van der Waals surface area contributed by atoms with Gasteiger partial charge in [0.15, 0.2) is 0 Å². The normalized spacial score (nSPS) is 10.5. The van der Waals surface area contributed by atoms with E-state index in [1.807, 2.05) is 24.3 Å². The van der Waals surface area contributed by atoms with Crippen molar-refractivity contribution in [2.75, 3.05) is 0 Å². The van der Waals surface area contributed by atoms with Crippen molar-refractivity contribution >= 4 is 43.6 Å². The Morgan fingerprint density at radius 1 is 1.18 bits per heavy atom. The third-order valence-corrected chi connectivity index (χ3v) is 4.44. The quantitative estimate of drug-likeness (QED) is 0.728. The van der Waals surface area contributed by atoms with Gasteiger partial charge >= 0.3 is 0 Å². The molecule has 0 atom stereocenters. The third kappa shape index (κ3) is 3.53. The zero-order valence-electron chi connectivity index (χ0n) is 9.15. The molecule has 5 heteroatoms. The van der Waals surface area contributed by atoms with Crippen molar-refractivity contribution < 1.29 is 0 Å². The van der Waals surface area contributed by atoms with Crippen molar-refractivity contribution in [3.8, 4) is 0 Å². The minimum Gasteiger partial charge on any atom is -0.226 e. The first-order chi connectivity index (χ1) is 8.19. The lowest BCUT2D eigenvalue weighted by atomic mass is 10.4. The van der Waals surface area contributed by atoms with Crippen LogP contribution in [-0.4, -0.2) is 9.97 Å². The van der Waals surface area contributed by atoms with E-state index in [1.54, 1.807) is 11.8 Å². The molecule has 0 N–H and O–H groups in total. The number of hydrogen-bond acceptors (Lipinski definition) is 3. The van der Waals surface area contributed by atoms with Crippen LogP contribution >= 0.6 is 43.6 Å². The molecule has 0 saturated carbocycles. The molecule has 0 unspecified atom stereocenters. The molecule has 0 spiro atoms. The Morgan fingerprint density at radius 2 is 1.94 bits per heavy atom. The summed E-state index contributed by atoms with van der Waals surface area (Å²) in [5, 5.41) is 0.954. The van der Waals surface area contributed by atoms with Gasteiger partial charge in [-0.25, -0.2) is 9.97 Å². The summed E-state index contributed by atoms with van der Waals surface area (Å²) < 4.78 is 1.91. The van der Waals surface area contributed by atoms with Gasteiger partial charge in [-0.2, -0.15) is 0 Å². The van der Waals surface area contributed by atoms with E-state index in [1.165, 1.54) is 0 Å². The summed E-state index contributed by atoms with van der Waals surface area (Å²) in [4.78, 5) is 9.94. The molecule has 1 aromatic heterocycles. The smallest absolute Gasteiger partial charge is 0.130 e. The second-order valence-corrected chi connectivity index (χ2v) is 6.06. The van der Waals surface area contributed by atoms with Gasteiger partial charge in [0, 0.05) is 21.9 Å². The molecule has 0 aliphatic heterocycles. The number of benzene rings is 1. The number of hydrogen-bond donors (Lipinski definition) is 0. The van der Waals surface area contributed by atoms with Crippen molar-refractivity contribution in [3.05, 3.63) is 45.2 Å². The molecule has 0 radical (unpaired) electrons. The van der Waals surface area contributed by atoms with Crippen LogP contribution in [0.2, 0.25) is 0 Å². The van der Waals surface area contributed by atoms with Crippen LogP contribution in [0.25, 0.3) is 0 Å². The molecule has 0 aliphatic carbocycles. The average Bonchev–Trinajstić information content (AvgIpc) is 2.31. The van der Waals surface area contributed by atoms with E-state index >= 15 is 0 Å². The monoisotopic (exact) mass is 372 g/mol. The first-order valence-corrected chi connectivity index (χ1v) is 7.55. The summed E-state index contributed by atoms with van der Waals surface area (Å²) in [6.07, 6.45) is 0.836. The van der Waals surface area contributed by atoms with Crippen molar-refractivity contribution in [2.45, 2.75) is 23.3 Å². The Hall–Kier alpha value is -0.390. The lowest BCUT2D eigenvalue weighted by Gasteiger charge is -2.05. The van der Waals surface area contributed by atoms with Crippen molar-refractivity contribution in [3.63, 3.8) is 0 Å². The maximum atomic E-state index is 4.49. The molecule has 2 rings (SSSR count). The highest BCUT2D eigenvalue weighted by molar-refractivity contribution is 9.10. The molecular formula is C12H10Br2N2S. The molecule has 0 bridgehead atoms. The largest absolute Gasteiger partial charge is 0.226 e. The summed E-state index contributed by atoms with van der Waals surface area (Å²) in [7, 11) is 0. The first-order valence-electron chi connectivity index (χ1n) is 5.15. The second kappa shape index (κ2) is 5.98. The topological polar surface area (TPSA) is 25.8 Å². The highest BCUT2D eigenvalue weighted by Crippen LogP contribution is 2.32. The number of nitrogens with zero attached hydrogens (tertiary/aromatic N) is 2. The highest BCUT2D eigenvalue weighted by Gasteiger charge is 2.06. The fraction of sp³-hybridized carbons (Fsp3) is 0.167. The van der Waals surface area contributed by atoms with Crippen LogP contribution in [0.5, 0.6) is 0 Å². The van der Waals surface area contributed by atoms with E-state index in [9.17, 15) is 0 Å². The van der Waals surface area contributed by atoms with Crippen LogP contribution in [0.15, 0.2) is 49.3 Å². The maximum absolute atomic E-state index is 4.49. The SMILES string of the molecule is CCc1nc(Br)cc(Sc2ccccc2Br)n1. The average molecular weight is 374 g/mol. The fourth-order valence-electron chi connectivity index (χ4n) is 1.29. The van der Waals surface area contributed by atoms with E-state index in [0.717, 1.165) is 31.2 Å². The van der Waals surface area contributed by atoms with Crippen LogP contribution in [0, 0.1) is 0 Å². The zero-order valence-corrected chi connectivity index (χ0v) is 13.1. The number of rotatable bonds is 3. The van der Waals surface area contributed by atoms with Gasteiger partial charge in [0.2, 0.25) is 0 Å². The molecule has 88 valence electrons. The van der Waals surface area contributed by atoms with Gasteiger partial charge < -0.3 is 0 Å². The first kappa shape index (κ1) is 13.1. The van der Waals surface area contributed by atoms with E-state index in [2.05, 4.69) is 54.8 Å². The van der Waals surface area contributed by atoms with Crippen LogP contribution in [0.1, 0.15) is 12.7 Å². The summed E-state index contributed by atoms with van der Waals surface area (Å²) in [5.41, 5.74) is 0. The lowest BCUT2D eigenvalue weighted by Crippen LogP contribution is -1.94. The molecule has 1 aromatic carbocycles. The van der Waals surface area contributed by atoms with Gasteiger partial charge in [-0.15, -0.1) is 0 Å². The molecule has 0 fully saturated rings. The van der Waals surface area contributed by atoms with Crippen LogP contribution in [-0.2, 0) is 6.42 Å². The molecule has 2 nitrogen and oxygen atoms in total. The predicted octanol–water partition coefficient (Wildman–Crippen LogP) is 4.72.